The zero-order valence-corrected chi connectivity index (χ0v) is 11.4. The van der Waals surface area contributed by atoms with Gasteiger partial charge in [-0.2, -0.15) is 0 Å². The highest BCUT2D eigenvalue weighted by molar-refractivity contribution is 5.46. The maximum absolute atomic E-state index is 9.74. The number of pyridine rings is 1. The molecule has 0 aromatic carbocycles. The van der Waals surface area contributed by atoms with Gasteiger partial charge in [0.05, 0.1) is 12.7 Å². The van der Waals surface area contributed by atoms with Gasteiger partial charge >= 0.3 is 0 Å². The lowest BCUT2D eigenvalue weighted by atomic mass is 10.2. The number of likely N-dealkylation sites (N-methyl/N-ethyl adjacent to an activating group) is 1. The molecule has 0 amide bonds. The molecule has 0 aliphatic carbocycles. The number of rotatable bonds is 8. The number of aliphatic hydroxyl groups is 1. The Balaban J connectivity index is 2.68. The fourth-order valence-corrected chi connectivity index (χ4v) is 1.82. The maximum atomic E-state index is 9.74. The average Bonchev–Trinajstić information content (AvgIpc) is 2.36. The zero-order valence-electron chi connectivity index (χ0n) is 11.4. The van der Waals surface area contributed by atoms with E-state index in [4.69, 9.17) is 4.74 Å². The van der Waals surface area contributed by atoms with Gasteiger partial charge in [0.15, 0.2) is 0 Å². The van der Waals surface area contributed by atoms with E-state index in [1.165, 1.54) is 0 Å². The first-order valence-corrected chi connectivity index (χ1v) is 6.21. The first kappa shape index (κ1) is 14.9. The van der Waals surface area contributed by atoms with Gasteiger partial charge in [0.25, 0.3) is 0 Å². The van der Waals surface area contributed by atoms with Crippen LogP contribution in [0.2, 0.25) is 0 Å². The minimum absolute atomic E-state index is 0.333. The van der Waals surface area contributed by atoms with E-state index in [2.05, 4.69) is 17.2 Å². The SMILES string of the molecule is CCNCc1cccnc1N(C)CC(O)COC. The minimum Gasteiger partial charge on any atom is -0.389 e. The van der Waals surface area contributed by atoms with E-state index in [0.717, 1.165) is 24.5 Å². The highest BCUT2D eigenvalue weighted by Gasteiger charge is 2.12. The lowest BCUT2D eigenvalue weighted by Gasteiger charge is -2.23. The molecule has 0 saturated heterocycles. The molecule has 0 radical (unpaired) electrons. The lowest BCUT2D eigenvalue weighted by molar-refractivity contribution is 0.0694. The standard InChI is InChI=1S/C13H23N3O2/c1-4-14-8-11-6-5-7-15-13(11)16(2)9-12(17)10-18-3/h5-7,12,14,17H,4,8-10H2,1-3H3. The van der Waals surface area contributed by atoms with Crippen molar-refractivity contribution in [2.45, 2.75) is 19.6 Å². The van der Waals surface area contributed by atoms with Crippen molar-refractivity contribution < 1.29 is 9.84 Å². The molecular formula is C13H23N3O2. The number of anilines is 1. The molecule has 1 rings (SSSR count). The third-order valence-corrected chi connectivity index (χ3v) is 2.64. The van der Waals surface area contributed by atoms with E-state index >= 15 is 0 Å². The molecule has 1 unspecified atom stereocenters. The van der Waals surface area contributed by atoms with Crippen LogP contribution < -0.4 is 10.2 Å². The predicted octanol–water partition coefficient (Wildman–Crippen LogP) is 0.635. The number of ether oxygens (including phenoxy) is 1. The third kappa shape index (κ3) is 4.60. The van der Waals surface area contributed by atoms with Gasteiger partial charge < -0.3 is 20.1 Å². The Labute approximate surface area is 109 Å². The summed E-state index contributed by atoms with van der Waals surface area (Å²) in [6.45, 7) is 4.61. The summed E-state index contributed by atoms with van der Waals surface area (Å²) >= 11 is 0. The van der Waals surface area contributed by atoms with Gasteiger partial charge in [0.1, 0.15) is 5.82 Å². The van der Waals surface area contributed by atoms with Crippen LogP contribution in [-0.2, 0) is 11.3 Å². The minimum atomic E-state index is -0.506. The number of nitrogens with one attached hydrogen (secondary N) is 1. The molecule has 0 spiro atoms. The second kappa shape index (κ2) is 8.02. The number of hydrogen-bond acceptors (Lipinski definition) is 5. The van der Waals surface area contributed by atoms with Gasteiger partial charge in [-0.15, -0.1) is 0 Å². The van der Waals surface area contributed by atoms with Gasteiger partial charge in [-0.3, -0.25) is 0 Å². The highest BCUT2D eigenvalue weighted by atomic mass is 16.5. The third-order valence-electron chi connectivity index (χ3n) is 2.64. The monoisotopic (exact) mass is 253 g/mol. The highest BCUT2D eigenvalue weighted by Crippen LogP contribution is 2.15. The summed E-state index contributed by atoms with van der Waals surface area (Å²) < 4.78 is 4.93. The molecule has 0 saturated carbocycles. The average molecular weight is 253 g/mol. The fraction of sp³-hybridized carbons (Fsp3) is 0.615. The van der Waals surface area contributed by atoms with E-state index < -0.39 is 6.10 Å². The van der Waals surface area contributed by atoms with E-state index in [1.807, 2.05) is 24.1 Å². The molecular weight excluding hydrogens is 230 g/mol. The Morgan fingerprint density at radius 1 is 1.56 bits per heavy atom. The molecule has 0 bridgehead atoms. The van der Waals surface area contributed by atoms with Gasteiger partial charge in [-0.25, -0.2) is 4.98 Å². The van der Waals surface area contributed by atoms with Crippen molar-refractivity contribution in [1.82, 2.24) is 10.3 Å². The summed E-state index contributed by atoms with van der Waals surface area (Å²) in [5.74, 6) is 0.897. The number of nitrogens with zero attached hydrogens (tertiary/aromatic N) is 2. The molecule has 102 valence electrons. The van der Waals surface area contributed by atoms with Crippen LogP contribution in [0.5, 0.6) is 0 Å². The van der Waals surface area contributed by atoms with Crippen LogP contribution in [0.1, 0.15) is 12.5 Å². The van der Waals surface area contributed by atoms with Crippen molar-refractivity contribution in [2.24, 2.45) is 0 Å². The van der Waals surface area contributed by atoms with Crippen LogP contribution in [-0.4, -0.2) is 50.0 Å². The zero-order chi connectivity index (χ0) is 13.4. The summed E-state index contributed by atoms with van der Waals surface area (Å²) in [6.07, 6.45) is 1.26. The van der Waals surface area contributed by atoms with Crippen LogP contribution in [0.25, 0.3) is 0 Å². The normalized spacial score (nSPS) is 12.4. The smallest absolute Gasteiger partial charge is 0.132 e. The van der Waals surface area contributed by atoms with Crippen LogP contribution in [0.3, 0.4) is 0 Å². The molecule has 2 N–H and O–H groups in total. The van der Waals surface area contributed by atoms with E-state index in [-0.39, 0.29) is 0 Å². The molecule has 18 heavy (non-hydrogen) atoms. The molecule has 5 heteroatoms. The summed E-state index contributed by atoms with van der Waals surface area (Å²) in [5, 5.41) is 13.0. The first-order valence-electron chi connectivity index (χ1n) is 6.21. The van der Waals surface area contributed by atoms with Crippen molar-refractivity contribution in [1.29, 1.82) is 0 Å². The van der Waals surface area contributed by atoms with Crippen LogP contribution >= 0.6 is 0 Å². The second-order valence-corrected chi connectivity index (χ2v) is 4.26. The first-order chi connectivity index (χ1) is 8.69. The van der Waals surface area contributed by atoms with Gasteiger partial charge in [0, 0.05) is 39.0 Å². The largest absolute Gasteiger partial charge is 0.389 e. The number of aromatic nitrogens is 1. The molecule has 1 aromatic rings. The fourth-order valence-electron chi connectivity index (χ4n) is 1.82. The Kier molecular flexibility index (Phi) is 6.64. The quantitative estimate of drug-likeness (QED) is 0.712. The number of hydrogen-bond donors (Lipinski definition) is 2. The summed E-state index contributed by atoms with van der Waals surface area (Å²) in [4.78, 5) is 6.33. The Hall–Kier alpha value is -1.17. The molecule has 0 aliphatic rings. The van der Waals surface area contributed by atoms with E-state index in [9.17, 15) is 5.11 Å². The topological polar surface area (TPSA) is 57.6 Å². The molecule has 1 heterocycles. The second-order valence-electron chi connectivity index (χ2n) is 4.26. The molecule has 5 nitrogen and oxygen atoms in total. The Morgan fingerprint density at radius 2 is 2.33 bits per heavy atom. The summed E-state index contributed by atoms with van der Waals surface area (Å²) in [6, 6.07) is 3.97. The van der Waals surface area contributed by atoms with Gasteiger partial charge in [0.2, 0.25) is 0 Å². The molecule has 0 fully saturated rings. The number of methoxy groups -OCH3 is 1. The van der Waals surface area contributed by atoms with E-state index in [1.54, 1.807) is 13.3 Å². The van der Waals surface area contributed by atoms with Crippen LogP contribution in [0.4, 0.5) is 5.82 Å². The van der Waals surface area contributed by atoms with Crippen molar-refractivity contribution in [3.63, 3.8) is 0 Å². The van der Waals surface area contributed by atoms with Crippen molar-refractivity contribution in [2.75, 3.05) is 38.8 Å². The maximum Gasteiger partial charge on any atom is 0.132 e. The Morgan fingerprint density at radius 3 is 3.00 bits per heavy atom. The summed E-state index contributed by atoms with van der Waals surface area (Å²) in [5.41, 5.74) is 1.13. The van der Waals surface area contributed by atoms with E-state index in [0.29, 0.717) is 13.2 Å². The van der Waals surface area contributed by atoms with Crippen molar-refractivity contribution in [3.8, 4) is 0 Å². The molecule has 1 aromatic heterocycles. The van der Waals surface area contributed by atoms with Crippen LogP contribution in [0.15, 0.2) is 18.3 Å². The van der Waals surface area contributed by atoms with Gasteiger partial charge in [-0.1, -0.05) is 13.0 Å². The molecule has 1 atom stereocenters. The molecule has 0 aliphatic heterocycles. The lowest BCUT2D eigenvalue weighted by Crippen LogP contribution is -2.33. The van der Waals surface area contributed by atoms with Gasteiger partial charge in [-0.05, 0) is 12.6 Å². The Bertz CT molecular complexity index is 347. The van der Waals surface area contributed by atoms with Crippen molar-refractivity contribution in [3.05, 3.63) is 23.9 Å². The summed E-state index contributed by atoms with van der Waals surface area (Å²) in [7, 11) is 3.51. The van der Waals surface area contributed by atoms with Crippen LogP contribution in [0, 0.1) is 0 Å². The predicted molar refractivity (Wildman–Crippen MR) is 72.8 cm³/mol. The number of aliphatic hydroxyl groups excluding tert-OH is 1. The van der Waals surface area contributed by atoms with Crippen molar-refractivity contribution >= 4 is 5.82 Å².